The molecule has 2 saturated heterocycles. The van der Waals surface area contributed by atoms with E-state index in [4.69, 9.17) is 4.74 Å². The third-order valence-corrected chi connectivity index (χ3v) is 3.57. The Morgan fingerprint density at radius 2 is 2.24 bits per heavy atom. The first-order chi connectivity index (χ1) is 8.34. The van der Waals surface area contributed by atoms with Crippen LogP contribution in [-0.2, 0) is 11.3 Å². The molecule has 0 unspecified atom stereocenters. The third-order valence-electron chi connectivity index (χ3n) is 3.57. The summed E-state index contributed by atoms with van der Waals surface area (Å²) in [6.45, 7) is 2.09. The molecule has 1 aromatic rings. The van der Waals surface area contributed by atoms with E-state index in [2.05, 4.69) is 5.32 Å². The molecule has 1 aromatic carbocycles. The molecule has 0 aliphatic carbocycles. The van der Waals surface area contributed by atoms with Gasteiger partial charge in [-0.3, -0.25) is 0 Å². The number of carbonyl (C=O) groups is 1. The molecule has 17 heavy (non-hydrogen) atoms. The van der Waals surface area contributed by atoms with Gasteiger partial charge < -0.3 is 15.0 Å². The van der Waals surface area contributed by atoms with Gasteiger partial charge in [-0.05, 0) is 12.0 Å². The predicted molar refractivity (Wildman–Crippen MR) is 63.5 cm³/mol. The average Bonchev–Trinajstić information content (AvgIpc) is 2.63. The highest BCUT2D eigenvalue weighted by Gasteiger charge is 2.43. The van der Waals surface area contributed by atoms with Crippen molar-refractivity contribution in [3.8, 4) is 0 Å². The average molecular weight is 232 g/mol. The van der Waals surface area contributed by atoms with Crippen molar-refractivity contribution in [3.63, 3.8) is 0 Å². The maximum absolute atomic E-state index is 11.9. The van der Waals surface area contributed by atoms with Crippen molar-refractivity contribution in [2.24, 2.45) is 0 Å². The first-order valence-electron chi connectivity index (χ1n) is 6.05. The lowest BCUT2D eigenvalue weighted by molar-refractivity contribution is 0.0801. The minimum atomic E-state index is -0.178. The van der Waals surface area contributed by atoms with E-state index in [-0.39, 0.29) is 6.09 Å². The number of benzene rings is 1. The summed E-state index contributed by atoms with van der Waals surface area (Å²) in [5.74, 6) is 0. The van der Waals surface area contributed by atoms with Gasteiger partial charge in [0, 0.05) is 19.1 Å². The summed E-state index contributed by atoms with van der Waals surface area (Å²) in [5.41, 5.74) is 1.03. The summed E-state index contributed by atoms with van der Waals surface area (Å²) < 4.78 is 5.32. The summed E-state index contributed by atoms with van der Waals surface area (Å²) >= 11 is 0. The molecular formula is C13H16N2O2. The van der Waals surface area contributed by atoms with Crippen molar-refractivity contribution in [1.29, 1.82) is 0 Å². The molecule has 2 fully saturated rings. The lowest BCUT2D eigenvalue weighted by Gasteiger charge is -2.36. The van der Waals surface area contributed by atoms with Crippen LogP contribution in [0.15, 0.2) is 30.3 Å². The van der Waals surface area contributed by atoms with Crippen molar-refractivity contribution in [1.82, 2.24) is 10.2 Å². The summed E-state index contributed by atoms with van der Waals surface area (Å²) in [6.07, 6.45) is 0.869. The van der Waals surface area contributed by atoms with Crippen LogP contribution in [0.2, 0.25) is 0 Å². The van der Waals surface area contributed by atoms with E-state index >= 15 is 0 Å². The number of fused-ring (bicyclic) bond motifs is 1. The quantitative estimate of drug-likeness (QED) is 0.837. The van der Waals surface area contributed by atoms with Crippen LogP contribution in [-0.4, -0.2) is 36.2 Å². The van der Waals surface area contributed by atoms with Gasteiger partial charge in [-0.1, -0.05) is 30.3 Å². The molecular weight excluding hydrogens is 216 g/mol. The van der Waals surface area contributed by atoms with Gasteiger partial charge in [-0.15, -0.1) is 0 Å². The monoisotopic (exact) mass is 232 g/mol. The van der Waals surface area contributed by atoms with E-state index in [9.17, 15) is 4.79 Å². The second kappa shape index (κ2) is 4.37. The second-order valence-corrected chi connectivity index (χ2v) is 4.60. The standard InChI is InChI=1S/C13H16N2O2/c16-13(15-7-6-11-12(15)8-14-11)17-9-10-4-2-1-3-5-10/h1-5,11-12,14H,6-9H2/t11-,12-/m1/s1. The number of ether oxygens (including phenoxy) is 1. The van der Waals surface area contributed by atoms with Crippen molar-refractivity contribution < 1.29 is 9.53 Å². The lowest BCUT2D eigenvalue weighted by atomic mass is 10.0. The van der Waals surface area contributed by atoms with E-state index < -0.39 is 0 Å². The van der Waals surface area contributed by atoms with Gasteiger partial charge in [0.05, 0.1) is 6.04 Å². The molecule has 1 amide bonds. The Balaban J connectivity index is 1.54. The topological polar surface area (TPSA) is 41.6 Å². The van der Waals surface area contributed by atoms with E-state index in [1.54, 1.807) is 0 Å². The molecule has 2 atom stereocenters. The number of carbonyl (C=O) groups excluding carboxylic acids is 1. The minimum absolute atomic E-state index is 0.178. The van der Waals surface area contributed by atoms with Crippen molar-refractivity contribution in [3.05, 3.63) is 35.9 Å². The number of hydrogen-bond acceptors (Lipinski definition) is 3. The molecule has 4 heteroatoms. The van der Waals surface area contributed by atoms with Gasteiger partial charge in [0.25, 0.3) is 0 Å². The first kappa shape index (κ1) is 10.6. The van der Waals surface area contributed by atoms with E-state index in [0.717, 1.165) is 25.1 Å². The van der Waals surface area contributed by atoms with Gasteiger partial charge in [-0.25, -0.2) is 4.79 Å². The van der Waals surface area contributed by atoms with Crippen molar-refractivity contribution in [2.75, 3.05) is 13.1 Å². The fourth-order valence-electron chi connectivity index (χ4n) is 2.48. The normalized spacial score (nSPS) is 26.2. The van der Waals surface area contributed by atoms with Gasteiger partial charge in [0.1, 0.15) is 6.61 Å². The first-order valence-corrected chi connectivity index (χ1v) is 6.05. The Morgan fingerprint density at radius 3 is 2.88 bits per heavy atom. The Morgan fingerprint density at radius 1 is 1.41 bits per heavy atom. The number of nitrogens with zero attached hydrogens (tertiary/aromatic N) is 1. The molecule has 0 spiro atoms. The summed E-state index contributed by atoms with van der Waals surface area (Å²) in [6, 6.07) is 10.6. The number of amides is 1. The van der Waals surface area contributed by atoms with Crippen LogP contribution in [0.1, 0.15) is 12.0 Å². The van der Waals surface area contributed by atoms with Gasteiger partial charge in [0.2, 0.25) is 0 Å². The van der Waals surface area contributed by atoms with Gasteiger partial charge in [0.15, 0.2) is 0 Å². The molecule has 0 aromatic heterocycles. The molecule has 4 nitrogen and oxygen atoms in total. The summed E-state index contributed by atoms with van der Waals surface area (Å²) in [4.78, 5) is 13.7. The van der Waals surface area contributed by atoms with Crippen LogP contribution < -0.4 is 5.32 Å². The summed E-state index contributed by atoms with van der Waals surface area (Å²) in [7, 11) is 0. The molecule has 2 aliphatic rings. The maximum atomic E-state index is 11.9. The zero-order valence-electron chi connectivity index (χ0n) is 9.63. The number of rotatable bonds is 2. The maximum Gasteiger partial charge on any atom is 0.410 e. The van der Waals surface area contributed by atoms with Crippen LogP contribution in [0.25, 0.3) is 0 Å². The molecule has 1 N–H and O–H groups in total. The smallest absolute Gasteiger partial charge is 0.410 e. The fourth-order valence-corrected chi connectivity index (χ4v) is 2.48. The number of nitrogens with one attached hydrogen (secondary N) is 1. The Labute approximate surface area is 101 Å². The Hall–Kier alpha value is -1.55. The molecule has 90 valence electrons. The SMILES string of the molecule is O=C(OCc1ccccc1)N1CC[C@H]2NC[C@H]21. The number of likely N-dealkylation sites (tertiary alicyclic amines) is 1. The van der Waals surface area contributed by atoms with E-state index in [1.807, 2.05) is 35.2 Å². The third kappa shape index (κ3) is 2.00. The molecule has 3 rings (SSSR count). The Bertz CT molecular complexity index is 407. The Kier molecular flexibility index (Phi) is 2.73. The van der Waals surface area contributed by atoms with Crippen molar-refractivity contribution >= 4 is 6.09 Å². The predicted octanol–water partition coefficient (Wildman–Crippen LogP) is 1.37. The van der Waals surface area contributed by atoms with E-state index in [1.165, 1.54) is 0 Å². The van der Waals surface area contributed by atoms with Crippen molar-refractivity contribution in [2.45, 2.75) is 25.1 Å². The fraction of sp³-hybridized carbons (Fsp3) is 0.462. The number of hydrogen-bond donors (Lipinski definition) is 1. The van der Waals surface area contributed by atoms with Crippen LogP contribution in [0.3, 0.4) is 0 Å². The van der Waals surface area contributed by atoms with E-state index in [0.29, 0.717) is 18.7 Å². The minimum Gasteiger partial charge on any atom is -0.445 e. The summed E-state index contributed by atoms with van der Waals surface area (Å²) in [5, 5.41) is 3.32. The highest BCUT2D eigenvalue weighted by atomic mass is 16.6. The highest BCUT2D eigenvalue weighted by molar-refractivity contribution is 5.69. The molecule has 2 heterocycles. The van der Waals surface area contributed by atoms with Gasteiger partial charge >= 0.3 is 6.09 Å². The molecule has 0 saturated carbocycles. The molecule has 0 bridgehead atoms. The van der Waals surface area contributed by atoms with Crippen LogP contribution in [0, 0.1) is 0 Å². The molecule has 2 aliphatic heterocycles. The van der Waals surface area contributed by atoms with Gasteiger partial charge in [-0.2, -0.15) is 0 Å². The molecule has 0 radical (unpaired) electrons. The van der Waals surface area contributed by atoms with Crippen LogP contribution in [0.5, 0.6) is 0 Å². The highest BCUT2D eigenvalue weighted by Crippen LogP contribution is 2.24. The largest absolute Gasteiger partial charge is 0.445 e. The van der Waals surface area contributed by atoms with Crippen LogP contribution in [0.4, 0.5) is 4.79 Å². The second-order valence-electron chi connectivity index (χ2n) is 4.60. The van der Waals surface area contributed by atoms with Crippen LogP contribution >= 0.6 is 0 Å². The zero-order chi connectivity index (χ0) is 11.7. The lowest BCUT2D eigenvalue weighted by Crippen LogP contribution is -2.60. The zero-order valence-corrected chi connectivity index (χ0v) is 9.63.